The average molecular weight is 749 g/mol. The first-order chi connectivity index (χ1) is 24.7. The van der Waals surface area contributed by atoms with Gasteiger partial charge in [-0.2, -0.15) is 0 Å². The normalized spacial score (nSPS) is 14.1. The minimum atomic E-state index is -4.61. The molecule has 0 aliphatic heterocycles. The van der Waals surface area contributed by atoms with E-state index < -0.39 is 51.8 Å². The highest BCUT2D eigenvalue weighted by molar-refractivity contribution is 7.47. The van der Waals surface area contributed by atoms with Crippen molar-refractivity contribution in [2.45, 2.75) is 206 Å². The second-order valence-electron chi connectivity index (χ2n) is 14.0. The molecule has 0 amide bonds. The number of esters is 2. The minimum Gasteiger partial charge on any atom is -0.462 e. The zero-order valence-corrected chi connectivity index (χ0v) is 33.5. The Kier molecular flexibility index (Phi) is 36.1. The highest BCUT2D eigenvalue weighted by atomic mass is 31.2. The smallest absolute Gasteiger partial charge is 0.462 e. The fourth-order valence-corrected chi connectivity index (χ4v) is 6.47. The molecule has 3 N–H and O–H groups in total. The summed E-state index contributed by atoms with van der Waals surface area (Å²) in [6.07, 6.45) is 33.3. The van der Waals surface area contributed by atoms with Gasteiger partial charge in [-0.15, -0.1) is 0 Å². The lowest BCUT2D eigenvalue weighted by Crippen LogP contribution is -2.29. The first-order valence-corrected chi connectivity index (χ1v) is 22.1. The number of phosphoric acid groups is 1. The number of carbonyl (C=O) groups excluding carboxylic acids is 2. The summed E-state index contributed by atoms with van der Waals surface area (Å²) in [6, 6.07) is 0. The number of unbranched alkanes of at least 4 members (excludes halogenated alkanes) is 23. The topological polar surface area (TPSA) is 149 Å². The second-order valence-corrected chi connectivity index (χ2v) is 15.5. The molecule has 0 aromatic heterocycles. The van der Waals surface area contributed by atoms with E-state index in [0.717, 1.165) is 57.8 Å². The first kappa shape index (κ1) is 49.7. The summed E-state index contributed by atoms with van der Waals surface area (Å²) in [6.45, 7) is 2.34. The second kappa shape index (κ2) is 37.0. The van der Waals surface area contributed by atoms with Crippen LogP contribution < -0.4 is 0 Å². The van der Waals surface area contributed by atoms with Gasteiger partial charge in [-0.1, -0.05) is 161 Å². The van der Waals surface area contributed by atoms with Crippen LogP contribution in [0.4, 0.5) is 0 Å². The molecule has 0 aromatic rings. The van der Waals surface area contributed by atoms with Crippen LogP contribution in [0.15, 0.2) is 12.2 Å². The molecule has 0 heterocycles. The molecule has 302 valence electrons. The van der Waals surface area contributed by atoms with Gasteiger partial charge >= 0.3 is 19.8 Å². The molecule has 11 heteroatoms. The molecule has 0 aromatic carbocycles. The fourth-order valence-electron chi connectivity index (χ4n) is 5.68. The Bertz CT molecular complexity index is 868. The maximum Gasteiger partial charge on any atom is 0.472 e. The molecule has 10 nitrogen and oxygen atoms in total. The van der Waals surface area contributed by atoms with E-state index in [2.05, 4.69) is 30.5 Å². The molecule has 0 aliphatic carbocycles. The van der Waals surface area contributed by atoms with Gasteiger partial charge in [-0.3, -0.25) is 18.6 Å². The number of rotatable bonds is 39. The van der Waals surface area contributed by atoms with Crippen LogP contribution in [0, 0.1) is 0 Å². The Morgan fingerprint density at radius 3 is 1.47 bits per heavy atom. The number of aliphatic hydroxyl groups excluding tert-OH is 2. The summed E-state index contributed by atoms with van der Waals surface area (Å²) in [5.41, 5.74) is 0. The van der Waals surface area contributed by atoms with Gasteiger partial charge in [0, 0.05) is 12.8 Å². The van der Waals surface area contributed by atoms with Gasteiger partial charge < -0.3 is 24.6 Å². The van der Waals surface area contributed by atoms with E-state index in [1.54, 1.807) is 0 Å². The standard InChI is InChI=1S/C40H77O10P/c1-3-5-7-9-11-13-15-16-17-18-19-20-22-23-25-27-29-31-39(43)47-35-38(36-49-51(45,46)48-34-37(42)33-41)50-40(44)32-30-28-26-24-21-14-12-10-8-6-4-2/h10,12,37-38,41-42H,3-9,11,13-36H2,1-2H3,(H,45,46)/b12-10-/t37-,38+/m0/s1. The molecule has 0 saturated heterocycles. The summed E-state index contributed by atoms with van der Waals surface area (Å²) in [7, 11) is -4.61. The number of carbonyl (C=O) groups is 2. The summed E-state index contributed by atoms with van der Waals surface area (Å²) in [4.78, 5) is 34.8. The maximum absolute atomic E-state index is 12.5. The van der Waals surface area contributed by atoms with Crippen LogP contribution in [-0.2, 0) is 32.7 Å². The van der Waals surface area contributed by atoms with Gasteiger partial charge in [-0.25, -0.2) is 4.57 Å². The van der Waals surface area contributed by atoms with E-state index in [1.807, 2.05) is 0 Å². The molecule has 0 bridgehead atoms. The molecule has 0 radical (unpaired) electrons. The number of hydrogen-bond donors (Lipinski definition) is 3. The molecule has 0 spiro atoms. The van der Waals surface area contributed by atoms with Gasteiger partial charge in [0.15, 0.2) is 6.10 Å². The van der Waals surface area contributed by atoms with Crippen molar-refractivity contribution in [1.82, 2.24) is 0 Å². The van der Waals surface area contributed by atoms with Crippen molar-refractivity contribution >= 4 is 19.8 Å². The van der Waals surface area contributed by atoms with Crippen molar-refractivity contribution < 1.29 is 47.8 Å². The molecule has 51 heavy (non-hydrogen) atoms. The summed E-state index contributed by atoms with van der Waals surface area (Å²) in [5.74, 6) is -0.928. The number of hydrogen-bond acceptors (Lipinski definition) is 9. The largest absolute Gasteiger partial charge is 0.472 e. The van der Waals surface area contributed by atoms with Crippen molar-refractivity contribution in [3.05, 3.63) is 12.2 Å². The Morgan fingerprint density at radius 2 is 0.980 bits per heavy atom. The zero-order valence-electron chi connectivity index (χ0n) is 32.6. The van der Waals surface area contributed by atoms with Crippen molar-refractivity contribution in [2.24, 2.45) is 0 Å². The molecular formula is C40H77O10P. The van der Waals surface area contributed by atoms with Crippen molar-refractivity contribution in [1.29, 1.82) is 0 Å². The monoisotopic (exact) mass is 749 g/mol. The van der Waals surface area contributed by atoms with E-state index in [1.165, 1.54) is 96.3 Å². The molecule has 0 saturated carbocycles. The van der Waals surface area contributed by atoms with Crippen molar-refractivity contribution in [3.8, 4) is 0 Å². The number of phosphoric ester groups is 1. The van der Waals surface area contributed by atoms with Gasteiger partial charge in [0.2, 0.25) is 0 Å². The lowest BCUT2D eigenvalue weighted by atomic mass is 10.0. The number of allylic oxidation sites excluding steroid dienone is 2. The average Bonchev–Trinajstić information content (AvgIpc) is 3.12. The summed E-state index contributed by atoms with van der Waals surface area (Å²) >= 11 is 0. The quantitative estimate of drug-likeness (QED) is 0.0240. The summed E-state index contributed by atoms with van der Waals surface area (Å²) < 4.78 is 32.6. The van der Waals surface area contributed by atoms with Crippen LogP contribution in [0.25, 0.3) is 0 Å². The van der Waals surface area contributed by atoms with Gasteiger partial charge in [-0.05, 0) is 32.1 Å². The van der Waals surface area contributed by atoms with E-state index in [4.69, 9.17) is 19.1 Å². The van der Waals surface area contributed by atoms with Crippen LogP contribution >= 0.6 is 7.82 Å². The third kappa shape index (κ3) is 36.8. The molecular weight excluding hydrogens is 671 g/mol. The van der Waals surface area contributed by atoms with E-state index in [0.29, 0.717) is 12.8 Å². The van der Waals surface area contributed by atoms with Crippen LogP contribution in [0.3, 0.4) is 0 Å². The highest BCUT2D eigenvalue weighted by Crippen LogP contribution is 2.43. The Balaban J connectivity index is 4.25. The van der Waals surface area contributed by atoms with Crippen molar-refractivity contribution in [3.63, 3.8) is 0 Å². The minimum absolute atomic E-state index is 0.177. The molecule has 1 unspecified atom stereocenters. The number of ether oxygens (including phenoxy) is 2. The fraction of sp³-hybridized carbons (Fsp3) is 0.900. The lowest BCUT2D eigenvalue weighted by Gasteiger charge is -2.20. The van der Waals surface area contributed by atoms with E-state index in [9.17, 15) is 24.2 Å². The van der Waals surface area contributed by atoms with Gasteiger partial charge in [0.05, 0.1) is 19.8 Å². The molecule has 3 atom stereocenters. The van der Waals surface area contributed by atoms with Crippen molar-refractivity contribution in [2.75, 3.05) is 26.4 Å². The number of aliphatic hydroxyl groups is 2. The lowest BCUT2D eigenvalue weighted by molar-refractivity contribution is -0.161. The van der Waals surface area contributed by atoms with Crippen LogP contribution in [0.2, 0.25) is 0 Å². The SMILES string of the molecule is CCCC/C=C\CCCCCCCC(=O)O[C@H](COC(=O)CCCCCCCCCCCCCCCCCCC)COP(=O)(O)OC[C@@H](O)CO. The predicted molar refractivity (Wildman–Crippen MR) is 205 cm³/mol. The van der Waals surface area contributed by atoms with Crippen LogP contribution in [0.1, 0.15) is 194 Å². The predicted octanol–water partition coefficient (Wildman–Crippen LogP) is 10.4. The third-order valence-electron chi connectivity index (χ3n) is 8.92. The Morgan fingerprint density at radius 1 is 0.569 bits per heavy atom. The van der Waals surface area contributed by atoms with Crippen LogP contribution in [-0.4, -0.2) is 65.7 Å². The zero-order chi connectivity index (χ0) is 37.7. The van der Waals surface area contributed by atoms with Gasteiger partial charge in [0.25, 0.3) is 0 Å². The Labute approximate surface area is 311 Å². The third-order valence-corrected chi connectivity index (χ3v) is 9.87. The maximum atomic E-state index is 12.5. The highest BCUT2D eigenvalue weighted by Gasteiger charge is 2.27. The Hall–Kier alpha value is -1.29. The molecule has 0 fully saturated rings. The first-order valence-electron chi connectivity index (χ1n) is 20.6. The van der Waals surface area contributed by atoms with E-state index in [-0.39, 0.29) is 19.4 Å². The molecule has 0 aliphatic rings. The van der Waals surface area contributed by atoms with E-state index >= 15 is 0 Å². The van der Waals surface area contributed by atoms with Crippen LogP contribution in [0.5, 0.6) is 0 Å². The summed E-state index contributed by atoms with van der Waals surface area (Å²) in [5, 5.41) is 18.3. The molecule has 0 rings (SSSR count). The van der Waals surface area contributed by atoms with Gasteiger partial charge in [0.1, 0.15) is 12.7 Å².